The van der Waals surface area contributed by atoms with E-state index in [1.165, 1.54) is 6.33 Å². The predicted molar refractivity (Wildman–Crippen MR) is 127 cm³/mol. The second-order valence-electron chi connectivity index (χ2n) is 8.48. The number of hydrogen-bond donors (Lipinski definition) is 3. The molecule has 9 nitrogen and oxygen atoms in total. The van der Waals surface area contributed by atoms with E-state index in [0.717, 1.165) is 22.4 Å². The van der Waals surface area contributed by atoms with Crippen LogP contribution in [0.4, 0.5) is 17.3 Å². The Kier molecular flexibility index (Phi) is 5.34. The fourth-order valence-corrected chi connectivity index (χ4v) is 4.63. The Labute approximate surface area is 196 Å². The first-order chi connectivity index (χ1) is 16.5. The maximum atomic E-state index is 12.9. The van der Waals surface area contributed by atoms with Crippen LogP contribution in [0.15, 0.2) is 48.9 Å². The molecule has 1 aromatic carbocycles. The summed E-state index contributed by atoms with van der Waals surface area (Å²) < 4.78 is 0. The molecule has 170 valence electrons. The van der Waals surface area contributed by atoms with Crippen molar-refractivity contribution in [3.8, 4) is 12.0 Å². The van der Waals surface area contributed by atoms with Crippen molar-refractivity contribution in [3.63, 3.8) is 0 Å². The molecule has 3 heterocycles. The standard InChI is InChI=1S/C25H23N7O2/c1-32(10-3-2-8-26)23(33)20-12-21(29-15-28-20)30-18-7-6-16-13-25(14-17(16)11-18)19-5-4-9-27-22(19)31-24(25)34/h4-7,9,11-12,15H,3,10,13-14,26H2,1H3,(H,27,31,34)(H,28,29,30). The molecule has 1 aliphatic heterocycles. The highest BCUT2D eigenvalue weighted by Crippen LogP contribution is 2.47. The van der Waals surface area contributed by atoms with Gasteiger partial charge in [-0.05, 0) is 42.2 Å². The number of amides is 2. The molecule has 1 aliphatic carbocycles. The first-order valence-corrected chi connectivity index (χ1v) is 10.9. The Morgan fingerprint density at radius 3 is 2.91 bits per heavy atom. The third-order valence-electron chi connectivity index (χ3n) is 6.36. The third kappa shape index (κ3) is 3.69. The van der Waals surface area contributed by atoms with Crippen LogP contribution < -0.4 is 16.4 Å². The smallest absolute Gasteiger partial charge is 0.272 e. The van der Waals surface area contributed by atoms with Gasteiger partial charge in [0, 0.05) is 49.6 Å². The lowest BCUT2D eigenvalue weighted by atomic mass is 9.79. The number of anilines is 3. The molecule has 4 N–H and O–H groups in total. The summed E-state index contributed by atoms with van der Waals surface area (Å²) in [5.74, 6) is 3.67. The van der Waals surface area contributed by atoms with E-state index in [9.17, 15) is 9.59 Å². The molecular formula is C25H23N7O2. The lowest BCUT2D eigenvalue weighted by Gasteiger charge is -2.20. The summed E-state index contributed by atoms with van der Waals surface area (Å²) in [4.78, 5) is 39.8. The highest BCUT2D eigenvalue weighted by atomic mass is 16.2. The number of nitrogens with two attached hydrogens (primary N) is 1. The van der Waals surface area contributed by atoms with E-state index in [-0.39, 0.29) is 17.5 Å². The summed E-state index contributed by atoms with van der Waals surface area (Å²) >= 11 is 0. The minimum Gasteiger partial charge on any atom is -0.359 e. The highest BCUT2D eigenvalue weighted by molar-refractivity contribution is 6.06. The third-order valence-corrected chi connectivity index (χ3v) is 6.36. The summed E-state index contributed by atoms with van der Waals surface area (Å²) in [6.07, 6.45) is 4.78. The molecule has 0 saturated heterocycles. The number of aromatic nitrogens is 3. The van der Waals surface area contributed by atoms with Crippen LogP contribution in [0.5, 0.6) is 0 Å². The average molecular weight is 454 g/mol. The number of nitrogens with zero attached hydrogens (tertiary/aromatic N) is 4. The summed E-state index contributed by atoms with van der Waals surface area (Å²) in [5.41, 5.74) is 8.86. The number of rotatable bonds is 5. The van der Waals surface area contributed by atoms with Crippen LogP contribution >= 0.6 is 0 Å². The Bertz CT molecular complexity index is 1360. The topological polar surface area (TPSA) is 126 Å². The summed E-state index contributed by atoms with van der Waals surface area (Å²) in [7, 11) is 1.69. The number of hydrogen-bond acceptors (Lipinski definition) is 7. The Balaban J connectivity index is 1.34. The molecular weight excluding hydrogens is 430 g/mol. The normalized spacial score (nSPS) is 17.4. The molecule has 0 fully saturated rings. The zero-order chi connectivity index (χ0) is 23.7. The molecule has 0 saturated carbocycles. The summed E-state index contributed by atoms with van der Waals surface area (Å²) in [5, 5.41) is 6.19. The lowest BCUT2D eigenvalue weighted by Crippen LogP contribution is -2.35. The molecule has 0 radical (unpaired) electrons. The lowest BCUT2D eigenvalue weighted by molar-refractivity contribution is -0.120. The van der Waals surface area contributed by atoms with Gasteiger partial charge in [-0.1, -0.05) is 18.1 Å². The molecule has 1 spiro atoms. The molecule has 1 atom stereocenters. The van der Waals surface area contributed by atoms with Crippen LogP contribution in [0.2, 0.25) is 0 Å². The molecule has 0 bridgehead atoms. The molecule has 34 heavy (non-hydrogen) atoms. The number of fused-ring (bicyclic) bond motifs is 3. The molecule has 3 aromatic rings. The van der Waals surface area contributed by atoms with Crippen molar-refractivity contribution < 1.29 is 9.59 Å². The number of pyridine rings is 1. The largest absolute Gasteiger partial charge is 0.359 e. The Hall–Kier alpha value is -4.45. The Morgan fingerprint density at radius 1 is 1.21 bits per heavy atom. The summed E-state index contributed by atoms with van der Waals surface area (Å²) in [6, 6.07) is 13.8. The van der Waals surface area contributed by atoms with Crippen LogP contribution in [-0.4, -0.2) is 45.3 Å². The number of carbonyl (C=O) groups excluding carboxylic acids is 2. The molecule has 2 amide bonds. The van der Waals surface area contributed by atoms with Crippen molar-refractivity contribution in [2.45, 2.75) is 24.7 Å². The van der Waals surface area contributed by atoms with Crippen molar-refractivity contribution in [1.82, 2.24) is 19.9 Å². The highest BCUT2D eigenvalue weighted by Gasteiger charge is 2.51. The molecule has 9 heteroatoms. The van der Waals surface area contributed by atoms with Crippen molar-refractivity contribution >= 4 is 29.1 Å². The zero-order valence-corrected chi connectivity index (χ0v) is 18.6. The van der Waals surface area contributed by atoms with Crippen LogP contribution in [0, 0.1) is 12.0 Å². The van der Waals surface area contributed by atoms with Crippen LogP contribution in [0.25, 0.3) is 0 Å². The van der Waals surface area contributed by atoms with E-state index >= 15 is 0 Å². The monoisotopic (exact) mass is 453 g/mol. The van der Waals surface area contributed by atoms with Crippen molar-refractivity contribution in [1.29, 1.82) is 0 Å². The van der Waals surface area contributed by atoms with Crippen molar-refractivity contribution in [2.75, 3.05) is 24.2 Å². The fraction of sp³-hybridized carbons (Fsp3) is 0.240. The maximum Gasteiger partial charge on any atom is 0.272 e. The first-order valence-electron chi connectivity index (χ1n) is 10.9. The fourth-order valence-electron chi connectivity index (χ4n) is 4.63. The second kappa shape index (κ2) is 8.48. The van der Waals surface area contributed by atoms with Crippen molar-refractivity contribution in [2.24, 2.45) is 5.73 Å². The van der Waals surface area contributed by atoms with Crippen LogP contribution in [-0.2, 0) is 23.1 Å². The van der Waals surface area contributed by atoms with Gasteiger partial charge in [0.25, 0.3) is 5.91 Å². The molecule has 1 unspecified atom stereocenters. The minimum absolute atomic E-state index is 0.00701. The van der Waals surface area contributed by atoms with Gasteiger partial charge in [-0.25, -0.2) is 15.0 Å². The van der Waals surface area contributed by atoms with Gasteiger partial charge < -0.3 is 21.3 Å². The number of carbonyl (C=O) groups is 2. The van der Waals surface area contributed by atoms with Gasteiger partial charge in [0.1, 0.15) is 23.7 Å². The zero-order valence-electron chi connectivity index (χ0n) is 18.6. The van der Waals surface area contributed by atoms with E-state index in [2.05, 4.69) is 37.6 Å². The van der Waals surface area contributed by atoms with Crippen LogP contribution in [0.3, 0.4) is 0 Å². The SMILES string of the molecule is CN(CCC#CN)C(=O)c1cc(Nc2ccc3c(c2)CC2(C3)C(=O)Nc3ncccc32)ncn1. The number of benzene rings is 1. The van der Waals surface area contributed by atoms with E-state index in [1.807, 2.05) is 30.3 Å². The van der Waals surface area contributed by atoms with E-state index in [0.29, 0.717) is 37.4 Å². The molecule has 2 aromatic heterocycles. The first kappa shape index (κ1) is 21.4. The Morgan fingerprint density at radius 2 is 2.06 bits per heavy atom. The maximum absolute atomic E-state index is 12.9. The van der Waals surface area contributed by atoms with Gasteiger partial charge in [0.2, 0.25) is 5.91 Å². The van der Waals surface area contributed by atoms with Gasteiger partial charge in [0.15, 0.2) is 0 Å². The van der Waals surface area contributed by atoms with Gasteiger partial charge >= 0.3 is 0 Å². The molecule has 2 aliphatic rings. The minimum atomic E-state index is -0.613. The van der Waals surface area contributed by atoms with Crippen molar-refractivity contribution in [3.05, 3.63) is 71.3 Å². The summed E-state index contributed by atoms with van der Waals surface area (Å²) in [6.45, 7) is 0.453. The van der Waals surface area contributed by atoms with Gasteiger partial charge in [-0.2, -0.15) is 0 Å². The quantitative estimate of drug-likeness (QED) is 0.398. The van der Waals surface area contributed by atoms with Gasteiger partial charge in [0.05, 0.1) is 5.41 Å². The average Bonchev–Trinajstić information content (AvgIpc) is 3.36. The second-order valence-corrected chi connectivity index (χ2v) is 8.48. The molecule has 5 rings (SSSR count). The predicted octanol–water partition coefficient (Wildman–Crippen LogP) is 1.99. The van der Waals surface area contributed by atoms with E-state index < -0.39 is 5.41 Å². The van der Waals surface area contributed by atoms with Crippen LogP contribution in [0.1, 0.15) is 33.6 Å². The van der Waals surface area contributed by atoms with Gasteiger partial charge in [-0.15, -0.1) is 0 Å². The van der Waals surface area contributed by atoms with Gasteiger partial charge in [-0.3, -0.25) is 9.59 Å². The van der Waals surface area contributed by atoms with E-state index in [1.54, 1.807) is 24.2 Å². The van der Waals surface area contributed by atoms with E-state index in [4.69, 9.17) is 5.73 Å². The number of nitrogens with one attached hydrogen (secondary N) is 2.